The molecule has 39 heavy (non-hydrogen) atoms. The topological polar surface area (TPSA) is 112 Å². The van der Waals surface area contributed by atoms with Crippen molar-refractivity contribution < 1.29 is 22.7 Å². The molecule has 11 heteroatoms. The molecule has 0 spiro atoms. The number of halogens is 1. The summed E-state index contributed by atoms with van der Waals surface area (Å²) in [6.07, 6.45) is 2.47. The van der Waals surface area contributed by atoms with Crippen molar-refractivity contribution in [1.82, 2.24) is 14.6 Å². The molecule has 2 aliphatic rings. The van der Waals surface area contributed by atoms with Crippen molar-refractivity contribution in [3.8, 4) is 0 Å². The van der Waals surface area contributed by atoms with Crippen LogP contribution in [0.4, 0.5) is 10.1 Å². The molecule has 1 fully saturated rings. The molecule has 3 aromatic rings. The van der Waals surface area contributed by atoms with Gasteiger partial charge in [-0.1, -0.05) is 26.0 Å². The van der Waals surface area contributed by atoms with Crippen LogP contribution in [-0.4, -0.2) is 61.9 Å². The van der Waals surface area contributed by atoms with E-state index in [4.69, 9.17) is 4.98 Å². The number of aromatic nitrogens is 1. The van der Waals surface area contributed by atoms with Gasteiger partial charge in [0.1, 0.15) is 4.90 Å². The van der Waals surface area contributed by atoms with Crippen molar-refractivity contribution in [3.63, 3.8) is 0 Å². The van der Waals surface area contributed by atoms with Crippen LogP contribution in [-0.2, 0) is 22.9 Å². The zero-order valence-electron chi connectivity index (χ0n) is 22.2. The summed E-state index contributed by atoms with van der Waals surface area (Å²) in [6, 6.07) is 10.6. The van der Waals surface area contributed by atoms with Gasteiger partial charge in [0, 0.05) is 13.0 Å². The van der Waals surface area contributed by atoms with Gasteiger partial charge in [0.05, 0.1) is 39.3 Å². The summed E-state index contributed by atoms with van der Waals surface area (Å²) >= 11 is 1.54. The highest BCUT2D eigenvalue weighted by Gasteiger charge is 2.34. The fourth-order valence-electron chi connectivity index (χ4n) is 5.62. The Morgan fingerprint density at radius 3 is 2.72 bits per heavy atom. The quantitative estimate of drug-likeness (QED) is 0.333. The molecule has 210 valence electrons. The fourth-order valence-corrected chi connectivity index (χ4v) is 8.10. The predicted octanol–water partition coefficient (Wildman–Crippen LogP) is 4.91. The third-order valence-electron chi connectivity index (χ3n) is 7.74. The maximum Gasteiger partial charge on any atom is 0.335 e. The number of hydrogen-bond donors (Lipinski definition) is 3. The Kier molecular flexibility index (Phi) is 7.96. The number of fused-ring (bicyclic) bond motifs is 2. The minimum Gasteiger partial charge on any atom is -0.478 e. The Morgan fingerprint density at radius 2 is 2.03 bits per heavy atom. The van der Waals surface area contributed by atoms with Gasteiger partial charge in [-0.25, -0.2) is 18.2 Å². The van der Waals surface area contributed by atoms with Crippen molar-refractivity contribution in [2.45, 2.75) is 57.0 Å². The highest BCUT2D eigenvalue weighted by atomic mass is 32.2. The summed E-state index contributed by atoms with van der Waals surface area (Å²) in [5, 5.41) is 13.8. The molecule has 0 aliphatic carbocycles. The van der Waals surface area contributed by atoms with E-state index >= 15 is 0 Å². The number of nitrogens with zero attached hydrogens (tertiary/aromatic N) is 2. The molecule has 0 radical (unpaired) electrons. The number of rotatable bonds is 9. The Morgan fingerprint density at radius 1 is 1.28 bits per heavy atom. The van der Waals surface area contributed by atoms with Crippen LogP contribution in [0, 0.1) is 11.3 Å². The van der Waals surface area contributed by atoms with Gasteiger partial charge in [-0.15, -0.1) is 11.3 Å². The molecule has 2 aromatic carbocycles. The average molecular weight is 575 g/mol. The normalized spacial score (nSPS) is 18.9. The first kappa shape index (κ1) is 27.9. The summed E-state index contributed by atoms with van der Waals surface area (Å²) in [6.45, 7) is 5.63. The van der Waals surface area contributed by atoms with Crippen LogP contribution >= 0.6 is 11.3 Å². The maximum absolute atomic E-state index is 14.0. The summed E-state index contributed by atoms with van der Waals surface area (Å²) in [7, 11) is -4.12. The van der Waals surface area contributed by atoms with E-state index in [9.17, 15) is 22.7 Å². The van der Waals surface area contributed by atoms with E-state index in [1.165, 1.54) is 17.4 Å². The van der Waals surface area contributed by atoms with E-state index < -0.39 is 22.2 Å². The number of aromatic carboxylic acids is 1. The number of carbonyl (C=O) groups is 1. The molecule has 5 rings (SSSR count). The molecule has 2 aliphatic heterocycles. The molecule has 0 unspecified atom stereocenters. The SMILES string of the molecule is CC1(C)CNc2c(cc(C(=O)O)cc2S(=O)(=O)N[C@@H](Cc2nc3ccccc3s2)N2CCC(CCF)CC2)C1. The van der Waals surface area contributed by atoms with E-state index in [2.05, 4.69) is 28.8 Å². The van der Waals surface area contributed by atoms with Crippen LogP contribution < -0.4 is 10.0 Å². The number of para-hydroxylation sites is 1. The van der Waals surface area contributed by atoms with Crippen molar-refractivity contribution in [3.05, 3.63) is 52.5 Å². The monoisotopic (exact) mass is 574 g/mol. The van der Waals surface area contributed by atoms with Gasteiger partial charge in [-0.3, -0.25) is 9.29 Å². The molecular formula is C28H35FN4O4S2. The first-order valence-corrected chi connectivity index (χ1v) is 15.7. The van der Waals surface area contributed by atoms with Crippen molar-refractivity contribution in [2.75, 3.05) is 31.6 Å². The number of anilines is 1. The molecule has 3 N–H and O–H groups in total. The number of carboxylic acid groups (broad SMARTS) is 1. The molecule has 0 bridgehead atoms. The van der Waals surface area contributed by atoms with Gasteiger partial charge in [-0.05, 0) is 79.9 Å². The zero-order chi connectivity index (χ0) is 27.8. The van der Waals surface area contributed by atoms with Crippen LogP contribution in [0.15, 0.2) is 41.3 Å². The van der Waals surface area contributed by atoms with Gasteiger partial charge < -0.3 is 10.4 Å². The zero-order valence-corrected chi connectivity index (χ0v) is 23.9. The van der Waals surface area contributed by atoms with Gasteiger partial charge in [0.15, 0.2) is 0 Å². The molecule has 3 heterocycles. The lowest BCUT2D eigenvalue weighted by Crippen LogP contribution is -2.52. The fraction of sp³-hybridized carbons (Fsp3) is 0.500. The third-order valence-corrected chi connectivity index (χ3v) is 10.3. The number of sulfonamides is 1. The lowest BCUT2D eigenvalue weighted by atomic mass is 9.82. The lowest BCUT2D eigenvalue weighted by molar-refractivity contribution is 0.0696. The van der Waals surface area contributed by atoms with E-state index in [1.54, 1.807) is 6.07 Å². The molecule has 1 atom stereocenters. The minimum absolute atomic E-state index is 0.0467. The largest absolute Gasteiger partial charge is 0.478 e. The highest BCUT2D eigenvalue weighted by molar-refractivity contribution is 7.89. The van der Waals surface area contributed by atoms with Crippen molar-refractivity contribution in [1.29, 1.82) is 0 Å². The second-order valence-corrected chi connectivity index (χ2v) is 14.2. The number of carboxylic acids is 1. The number of piperidine rings is 1. The molecule has 0 saturated carbocycles. The number of benzene rings is 2. The van der Waals surface area contributed by atoms with Gasteiger partial charge in [0.2, 0.25) is 10.0 Å². The van der Waals surface area contributed by atoms with E-state index in [0.29, 0.717) is 50.1 Å². The number of likely N-dealkylation sites (tertiary alicyclic amines) is 1. The summed E-state index contributed by atoms with van der Waals surface area (Å²) in [5.41, 5.74) is 1.82. The number of hydrogen-bond acceptors (Lipinski definition) is 7. The Labute approximate surface area is 232 Å². The molecular weight excluding hydrogens is 539 g/mol. The smallest absolute Gasteiger partial charge is 0.335 e. The van der Waals surface area contributed by atoms with E-state index in [-0.39, 0.29) is 28.5 Å². The van der Waals surface area contributed by atoms with Crippen molar-refractivity contribution >= 4 is 43.2 Å². The van der Waals surface area contributed by atoms with Crippen LogP contribution in [0.3, 0.4) is 0 Å². The molecule has 1 aromatic heterocycles. The van der Waals surface area contributed by atoms with Gasteiger partial charge in [-0.2, -0.15) is 4.72 Å². The molecule has 8 nitrogen and oxygen atoms in total. The Balaban J connectivity index is 1.48. The minimum atomic E-state index is -4.12. The summed E-state index contributed by atoms with van der Waals surface area (Å²) < 4.78 is 44.9. The predicted molar refractivity (Wildman–Crippen MR) is 152 cm³/mol. The number of alkyl halides is 1. The Hall–Kier alpha value is -2.60. The Bertz CT molecular complexity index is 1430. The number of nitrogens with one attached hydrogen (secondary N) is 2. The highest BCUT2D eigenvalue weighted by Crippen LogP contribution is 2.37. The maximum atomic E-state index is 14.0. The van der Waals surface area contributed by atoms with Crippen LogP contribution in [0.5, 0.6) is 0 Å². The van der Waals surface area contributed by atoms with Crippen LogP contribution in [0.25, 0.3) is 10.2 Å². The van der Waals surface area contributed by atoms with E-state index in [1.807, 2.05) is 24.3 Å². The lowest BCUT2D eigenvalue weighted by Gasteiger charge is -2.38. The second kappa shape index (κ2) is 11.1. The van der Waals surface area contributed by atoms with Crippen molar-refractivity contribution in [2.24, 2.45) is 11.3 Å². The molecule has 0 amide bonds. The van der Waals surface area contributed by atoms with Gasteiger partial charge in [0.25, 0.3) is 0 Å². The van der Waals surface area contributed by atoms with Crippen LogP contribution in [0.2, 0.25) is 0 Å². The average Bonchev–Trinajstić information content (AvgIpc) is 3.30. The number of thiazole rings is 1. The third kappa shape index (κ3) is 6.26. The summed E-state index contributed by atoms with van der Waals surface area (Å²) in [5.74, 6) is -0.878. The second-order valence-electron chi connectivity index (χ2n) is 11.4. The van der Waals surface area contributed by atoms with E-state index in [0.717, 1.165) is 28.1 Å². The standard InChI is InChI=1S/C28H35FN4O4S2/c1-28(2)16-20-13-19(27(34)35)14-23(26(20)30-17-28)39(36,37)32-24(33-11-8-18(7-10-29)9-12-33)15-25-31-21-5-3-4-6-22(21)38-25/h3-6,13-14,18,24,30,32H,7-12,15-17H2,1-2H3,(H,34,35)/t24-/m1/s1. The van der Waals surface area contributed by atoms with Crippen LogP contribution in [0.1, 0.15) is 54.0 Å². The first-order chi connectivity index (χ1) is 18.5. The first-order valence-electron chi connectivity index (χ1n) is 13.4. The summed E-state index contributed by atoms with van der Waals surface area (Å²) in [4.78, 5) is 18.7. The van der Waals surface area contributed by atoms with Gasteiger partial charge >= 0.3 is 5.97 Å². The molecule has 1 saturated heterocycles.